The molecule has 1 aliphatic heterocycles. The first kappa shape index (κ1) is 23.6. The molecule has 0 radical (unpaired) electrons. The van der Waals surface area contributed by atoms with Crippen molar-refractivity contribution in [2.45, 2.75) is 44.2 Å². The molecule has 0 aliphatic carbocycles. The van der Waals surface area contributed by atoms with Crippen LogP contribution in [0.4, 0.5) is 0 Å². The molecule has 0 amide bonds. The monoisotopic (exact) mass is 434 g/mol. The fourth-order valence-corrected chi connectivity index (χ4v) is 3.41. The van der Waals surface area contributed by atoms with E-state index in [1.807, 2.05) is 0 Å². The molecule has 29 heavy (non-hydrogen) atoms. The van der Waals surface area contributed by atoms with Gasteiger partial charge in [0.25, 0.3) is 0 Å². The van der Waals surface area contributed by atoms with Crippen molar-refractivity contribution in [2.24, 2.45) is 4.99 Å². The molecule has 12 heteroatoms. The summed E-state index contributed by atoms with van der Waals surface area (Å²) in [6.45, 7) is -0.0527. The van der Waals surface area contributed by atoms with Crippen LogP contribution in [0.15, 0.2) is 35.3 Å². The molecule has 1 aromatic carbocycles. The van der Waals surface area contributed by atoms with Crippen molar-refractivity contribution in [3.05, 3.63) is 35.9 Å². The van der Waals surface area contributed by atoms with Gasteiger partial charge >= 0.3 is 10.4 Å². The van der Waals surface area contributed by atoms with E-state index < -0.39 is 53.5 Å². The highest BCUT2D eigenvalue weighted by Gasteiger charge is 2.49. The summed E-state index contributed by atoms with van der Waals surface area (Å²) in [6, 6.07) is 7.54. The van der Waals surface area contributed by atoms with Gasteiger partial charge in [-0.15, -0.1) is 0 Å². The second kappa shape index (κ2) is 10.9. The van der Waals surface area contributed by atoms with Crippen LogP contribution in [-0.4, -0.2) is 79.5 Å². The lowest BCUT2D eigenvalue weighted by molar-refractivity contribution is -0.275. The van der Waals surface area contributed by atoms with Crippen LogP contribution < -0.4 is 5.11 Å². The fourth-order valence-electron chi connectivity index (χ4n) is 2.91. The van der Waals surface area contributed by atoms with Crippen LogP contribution in [0.1, 0.15) is 12.5 Å². The third kappa shape index (κ3) is 7.28. The number of aliphatic hydroxyl groups excluding tert-OH is 2. The van der Waals surface area contributed by atoms with Crippen molar-refractivity contribution in [3.63, 3.8) is 0 Å². The number of aliphatic imine (C=N–C) groups is 1. The molecule has 0 spiro atoms. The highest BCUT2D eigenvalue weighted by atomic mass is 32.3. The second-order valence-corrected chi connectivity index (χ2v) is 7.26. The Morgan fingerprint density at radius 3 is 2.45 bits per heavy atom. The lowest BCUT2D eigenvalue weighted by atomic mass is 9.97. The van der Waals surface area contributed by atoms with E-state index in [0.717, 1.165) is 12.5 Å². The van der Waals surface area contributed by atoms with Crippen molar-refractivity contribution in [1.29, 1.82) is 0 Å². The largest absolute Gasteiger partial charge is 0.862 e. The minimum Gasteiger partial charge on any atom is -0.862 e. The molecular formula is C17H24NO10S-. The summed E-state index contributed by atoms with van der Waals surface area (Å²) in [4.78, 5) is 3.78. The van der Waals surface area contributed by atoms with Crippen LogP contribution in [0.3, 0.4) is 0 Å². The number of benzene rings is 1. The Hall–Kier alpha value is -1.64. The minimum atomic E-state index is -4.98. The Labute approximate surface area is 168 Å². The Bertz CT molecular complexity index is 753. The van der Waals surface area contributed by atoms with E-state index in [0.29, 0.717) is 0 Å². The van der Waals surface area contributed by atoms with E-state index in [4.69, 9.17) is 23.5 Å². The molecule has 2 rings (SSSR count). The van der Waals surface area contributed by atoms with Gasteiger partial charge in [-0.2, -0.15) is 8.42 Å². The summed E-state index contributed by atoms with van der Waals surface area (Å²) in [6.07, 6.45) is -5.20. The number of hydrogen-bond donors (Lipinski definition) is 3. The Balaban J connectivity index is 2.36. The van der Waals surface area contributed by atoms with E-state index in [2.05, 4.69) is 4.99 Å². The Morgan fingerprint density at radius 1 is 1.21 bits per heavy atom. The second-order valence-electron chi connectivity index (χ2n) is 6.21. The smallest absolute Gasteiger partial charge is 0.397 e. The number of aliphatic hydroxyl groups is 2. The topological polar surface area (TPSA) is 167 Å². The quantitative estimate of drug-likeness (QED) is 0.227. The standard InChI is InChI=1S/C17H25NO10S/c1-11(21)18-14-16(28-29(22,23)24)15(26-10-12-5-3-2-4-6-12)13(9-20)27-17(14)25-8-7-19/h2-6,13-17,19-20H,7-10H2,1H3,(H,18,21)(H,22,23,24)/p-1/t13-,14-,15-,16-,17+/m1/s1. The Kier molecular flexibility index (Phi) is 8.92. The molecule has 1 fully saturated rings. The van der Waals surface area contributed by atoms with E-state index in [9.17, 15) is 23.2 Å². The summed E-state index contributed by atoms with van der Waals surface area (Å²) < 4.78 is 53.5. The van der Waals surface area contributed by atoms with Crippen LogP contribution >= 0.6 is 0 Å². The first-order valence-electron chi connectivity index (χ1n) is 8.76. The molecule has 3 N–H and O–H groups in total. The third-order valence-electron chi connectivity index (χ3n) is 4.02. The van der Waals surface area contributed by atoms with E-state index >= 15 is 0 Å². The molecule has 1 aromatic rings. The first-order chi connectivity index (χ1) is 13.7. The number of rotatable bonds is 10. The summed E-state index contributed by atoms with van der Waals surface area (Å²) in [7, 11) is -4.98. The van der Waals surface area contributed by atoms with E-state index in [1.54, 1.807) is 30.3 Å². The summed E-state index contributed by atoms with van der Waals surface area (Å²) >= 11 is 0. The zero-order valence-corrected chi connectivity index (χ0v) is 16.5. The maximum Gasteiger partial charge on any atom is 0.397 e. The van der Waals surface area contributed by atoms with Gasteiger partial charge in [-0.3, -0.25) is 9.55 Å². The van der Waals surface area contributed by atoms with Gasteiger partial charge in [-0.25, -0.2) is 4.18 Å². The van der Waals surface area contributed by atoms with Crippen LogP contribution in [0.25, 0.3) is 0 Å². The van der Waals surface area contributed by atoms with Gasteiger partial charge in [0, 0.05) is 0 Å². The molecule has 5 atom stereocenters. The molecule has 11 nitrogen and oxygen atoms in total. The predicted molar refractivity (Wildman–Crippen MR) is 97.1 cm³/mol. The van der Waals surface area contributed by atoms with Gasteiger partial charge < -0.3 is 29.5 Å². The fraction of sp³-hybridized carbons (Fsp3) is 0.588. The zero-order chi connectivity index (χ0) is 21.4. The zero-order valence-electron chi connectivity index (χ0n) is 15.7. The van der Waals surface area contributed by atoms with Crippen molar-refractivity contribution in [3.8, 4) is 0 Å². The number of nitrogens with zero attached hydrogens (tertiary/aromatic N) is 1. The van der Waals surface area contributed by atoms with Gasteiger partial charge in [-0.1, -0.05) is 30.3 Å². The van der Waals surface area contributed by atoms with Gasteiger partial charge in [0.15, 0.2) is 6.29 Å². The van der Waals surface area contributed by atoms with Crippen LogP contribution in [0, 0.1) is 0 Å². The van der Waals surface area contributed by atoms with Gasteiger partial charge in [0.05, 0.1) is 26.4 Å². The third-order valence-corrected chi connectivity index (χ3v) is 4.48. The molecule has 0 aromatic heterocycles. The number of hydrogen-bond acceptors (Lipinski definition) is 10. The molecule has 0 bridgehead atoms. The molecule has 0 saturated carbocycles. The van der Waals surface area contributed by atoms with Crippen molar-refractivity contribution < 1.29 is 46.7 Å². The van der Waals surface area contributed by atoms with Crippen LogP contribution in [0.5, 0.6) is 0 Å². The normalized spacial score (nSPS) is 28.4. The number of ether oxygens (including phenoxy) is 3. The first-order valence-corrected chi connectivity index (χ1v) is 10.1. The average Bonchev–Trinajstić information content (AvgIpc) is 2.66. The van der Waals surface area contributed by atoms with Crippen molar-refractivity contribution in [1.82, 2.24) is 0 Å². The van der Waals surface area contributed by atoms with Crippen molar-refractivity contribution >= 4 is 16.3 Å². The van der Waals surface area contributed by atoms with Crippen LogP contribution in [0.2, 0.25) is 0 Å². The maximum atomic E-state index is 11.6. The van der Waals surface area contributed by atoms with E-state index in [-0.39, 0.29) is 19.8 Å². The highest BCUT2D eigenvalue weighted by molar-refractivity contribution is 7.80. The minimum absolute atomic E-state index is 0.00561. The van der Waals surface area contributed by atoms with Crippen LogP contribution in [-0.2, 0) is 35.4 Å². The lowest BCUT2D eigenvalue weighted by Gasteiger charge is -2.43. The SMILES string of the molecule is CC([O-])=N[C@H]1[C@@H](OCCO)O[C@H](CO)[C@@H](OCc2ccccc2)[C@@H]1OS(=O)(=O)O. The summed E-state index contributed by atoms with van der Waals surface area (Å²) in [5.74, 6) is -0.676. The van der Waals surface area contributed by atoms with E-state index in [1.165, 1.54) is 0 Å². The highest BCUT2D eigenvalue weighted by Crippen LogP contribution is 2.30. The van der Waals surface area contributed by atoms with Gasteiger partial charge in [0.2, 0.25) is 0 Å². The lowest BCUT2D eigenvalue weighted by Crippen LogP contribution is -2.61. The molecule has 164 valence electrons. The summed E-state index contributed by atoms with van der Waals surface area (Å²) in [5.41, 5.74) is 0.744. The molecule has 1 saturated heterocycles. The predicted octanol–water partition coefficient (Wildman–Crippen LogP) is -1.37. The molecule has 1 heterocycles. The average molecular weight is 434 g/mol. The molecule has 0 unspecified atom stereocenters. The van der Waals surface area contributed by atoms with Gasteiger partial charge in [-0.05, 0) is 18.4 Å². The summed E-state index contributed by atoms with van der Waals surface area (Å²) in [5, 5.41) is 30.3. The van der Waals surface area contributed by atoms with Crippen molar-refractivity contribution in [2.75, 3.05) is 19.8 Å². The molecular weight excluding hydrogens is 410 g/mol. The van der Waals surface area contributed by atoms with Gasteiger partial charge in [0.1, 0.15) is 24.4 Å². The maximum absolute atomic E-state index is 11.6. The molecule has 1 aliphatic rings. The Morgan fingerprint density at radius 2 is 1.90 bits per heavy atom.